The number of thioether (sulfide) groups is 1. The van der Waals surface area contributed by atoms with Crippen LogP contribution in [0.3, 0.4) is 0 Å². The van der Waals surface area contributed by atoms with Gasteiger partial charge in [0.05, 0.1) is 11.5 Å². The van der Waals surface area contributed by atoms with Crippen LogP contribution in [0.25, 0.3) is 0 Å². The van der Waals surface area contributed by atoms with E-state index in [0.29, 0.717) is 11.4 Å². The van der Waals surface area contributed by atoms with Gasteiger partial charge in [-0.3, -0.25) is 9.59 Å². The smallest absolute Gasteiger partial charge is 0.234 e. The molecule has 2 amide bonds. The molecule has 1 aliphatic rings. The number of carbonyl (C=O) groups excluding carboxylic acids is 2. The van der Waals surface area contributed by atoms with Gasteiger partial charge < -0.3 is 16.0 Å². The number of aryl methyl sites for hydroxylation is 1. The number of benzene rings is 1. The molecule has 2 rings (SSSR count). The van der Waals surface area contributed by atoms with Crippen molar-refractivity contribution >= 4 is 35.0 Å². The molecule has 1 aromatic carbocycles. The summed E-state index contributed by atoms with van der Waals surface area (Å²) in [6.07, 6.45) is 3.39. The van der Waals surface area contributed by atoms with E-state index in [2.05, 4.69) is 5.32 Å². The zero-order chi connectivity index (χ0) is 15.9. The summed E-state index contributed by atoms with van der Waals surface area (Å²) in [6.45, 7) is 3.63. The number of hydrogen-bond acceptors (Lipinski definition) is 4. The van der Waals surface area contributed by atoms with Crippen LogP contribution < -0.4 is 11.1 Å². The third kappa shape index (κ3) is 4.94. The summed E-state index contributed by atoms with van der Waals surface area (Å²) < 4.78 is 0. The Bertz CT molecular complexity index is 542. The fourth-order valence-corrected chi connectivity index (χ4v) is 3.14. The van der Waals surface area contributed by atoms with Crippen molar-refractivity contribution in [3.8, 4) is 0 Å². The van der Waals surface area contributed by atoms with Crippen molar-refractivity contribution in [3.05, 3.63) is 23.8 Å². The molecular formula is C16H23N3O2S. The zero-order valence-corrected chi connectivity index (χ0v) is 13.7. The summed E-state index contributed by atoms with van der Waals surface area (Å²) in [6, 6.07) is 5.42. The van der Waals surface area contributed by atoms with E-state index in [1.54, 1.807) is 12.1 Å². The molecule has 1 heterocycles. The minimum absolute atomic E-state index is 0.106. The first-order valence-electron chi connectivity index (χ1n) is 7.58. The number of anilines is 2. The fourth-order valence-electron chi connectivity index (χ4n) is 2.43. The molecule has 0 aromatic heterocycles. The number of rotatable bonds is 5. The van der Waals surface area contributed by atoms with Crippen LogP contribution in [0.1, 0.15) is 24.8 Å². The van der Waals surface area contributed by atoms with Gasteiger partial charge in [0.15, 0.2) is 0 Å². The lowest BCUT2D eigenvalue weighted by Crippen LogP contribution is -2.37. The predicted octanol–water partition coefficient (Wildman–Crippen LogP) is 2.26. The lowest BCUT2D eigenvalue weighted by atomic mass is 10.1. The second-order valence-corrected chi connectivity index (χ2v) is 6.54. The molecule has 0 spiro atoms. The lowest BCUT2D eigenvalue weighted by molar-refractivity contribution is -0.129. The van der Waals surface area contributed by atoms with Gasteiger partial charge in [0.25, 0.3) is 0 Å². The maximum atomic E-state index is 12.0. The number of nitrogens with one attached hydrogen (secondary N) is 1. The third-order valence-corrected chi connectivity index (χ3v) is 4.62. The first kappa shape index (κ1) is 16.7. The van der Waals surface area contributed by atoms with Crippen molar-refractivity contribution in [2.45, 2.75) is 26.2 Å². The Labute approximate surface area is 135 Å². The number of amides is 2. The molecule has 0 unspecified atom stereocenters. The maximum Gasteiger partial charge on any atom is 0.234 e. The average molecular weight is 321 g/mol. The summed E-state index contributed by atoms with van der Waals surface area (Å²) in [7, 11) is 0. The second-order valence-electron chi connectivity index (χ2n) is 5.56. The molecule has 0 atom stereocenters. The summed E-state index contributed by atoms with van der Waals surface area (Å²) >= 11 is 1.36. The fraction of sp³-hybridized carbons (Fsp3) is 0.500. The molecule has 0 radical (unpaired) electrons. The van der Waals surface area contributed by atoms with Crippen LogP contribution in [-0.2, 0) is 9.59 Å². The van der Waals surface area contributed by atoms with Gasteiger partial charge in [0, 0.05) is 24.5 Å². The number of nitrogens with zero attached hydrogens (tertiary/aromatic N) is 1. The van der Waals surface area contributed by atoms with Crippen molar-refractivity contribution < 1.29 is 9.59 Å². The van der Waals surface area contributed by atoms with E-state index in [1.165, 1.54) is 18.2 Å². The number of piperidine rings is 1. The zero-order valence-electron chi connectivity index (χ0n) is 12.9. The van der Waals surface area contributed by atoms with Gasteiger partial charge in [-0.2, -0.15) is 0 Å². The average Bonchev–Trinajstić information content (AvgIpc) is 2.51. The Kier molecular flexibility index (Phi) is 6.12. The molecule has 1 saturated heterocycles. The normalized spacial score (nSPS) is 14.7. The van der Waals surface area contributed by atoms with Gasteiger partial charge in [-0.25, -0.2) is 0 Å². The molecule has 22 heavy (non-hydrogen) atoms. The molecule has 3 N–H and O–H groups in total. The van der Waals surface area contributed by atoms with Gasteiger partial charge >= 0.3 is 0 Å². The van der Waals surface area contributed by atoms with Crippen molar-refractivity contribution in [2.24, 2.45) is 0 Å². The number of carbonyl (C=O) groups is 2. The highest BCUT2D eigenvalue weighted by Crippen LogP contribution is 2.18. The quantitative estimate of drug-likeness (QED) is 0.816. The molecule has 6 heteroatoms. The Morgan fingerprint density at radius 1 is 1.23 bits per heavy atom. The van der Waals surface area contributed by atoms with Crippen molar-refractivity contribution in [3.63, 3.8) is 0 Å². The number of nitrogens with two attached hydrogens (primary N) is 1. The van der Waals surface area contributed by atoms with Crippen LogP contribution in [0.4, 0.5) is 11.4 Å². The molecule has 0 bridgehead atoms. The van der Waals surface area contributed by atoms with E-state index in [1.807, 2.05) is 17.9 Å². The van der Waals surface area contributed by atoms with Crippen molar-refractivity contribution in [1.29, 1.82) is 0 Å². The van der Waals surface area contributed by atoms with E-state index in [4.69, 9.17) is 5.73 Å². The summed E-state index contributed by atoms with van der Waals surface area (Å²) in [5.74, 6) is 0.666. The van der Waals surface area contributed by atoms with E-state index in [9.17, 15) is 9.59 Å². The van der Waals surface area contributed by atoms with E-state index in [0.717, 1.165) is 37.2 Å². The van der Waals surface area contributed by atoms with E-state index in [-0.39, 0.29) is 17.6 Å². The van der Waals surface area contributed by atoms with E-state index >= 15 is 0 Å². The van der Waals surface area contributed by atoms with Crippen LogP contribution >= 0.6 is 11.8 Å². The van der Waals surface area contributed by atoms with Crippen LogP contribution in [0.15, 0.2) is 18.2 Å². The van der Waals surface area contributed by atoms with Crippen molar-refractivity contribution in [1.82, 2.24) is 4.90 Å². The molecular weight excluding hydrogens is 298 g/mol. The minimum atomic E-state index is -0.106. The molecule has 1 fully saturated rings. The molecule has 0 saturated carbocycles. The van der Waals surface area contributed by atoms with Gasteiger partial charge in [-0.05, 0) is 43.9 Å². The standard InChI is InChI=1S/C16H23N3O2S/c1-12-5-6-13(17)9-14(12)18-15(20)10-22-11-16(21)19-7-3-2-4-8-19/h5-6,9H,2-4,7-8,10-11,17H2,1H3,(H,18,20). The number of nitrogen functional groups attached to an aromatic ring is 1. The van der Waals surface area contributed by atoms with Gasteiger partial charge in [-0.1, -0.05) is 6.07 Å². The molecule has 5 nitrogen and oxygen atoms in total. The van der Waals surface area contributed by atoms with Crippen LogP contribution in [0, 0.1) is 6.92 Å². The highest BCUT2D eigenvalue weighted by atomic mass is 32.2. The molecule has 1 aromatic rings. The monoisotopic (exact) mass is 321 g/mol. The lowest BCUT2D eigenvalue weighted by Gasteiger charge is -2.26. The Morgan fingerprint density at radius 3 is 2.68 bits per heavy atom. The van der Waals surface area contributed by atoms with Gasteiger partial charge in [0.2, 0.25) is 11.8 Å². The van der Waals surface area contributed by atoms with Crippen LogP contribution in [0.5, 0.6) is 0 Å². The Morgan fingerprint density at radius 2 is 1.95 bits per heavy atom. The minimum Gasteiger partial charge on any atom is -0.399 e. The largest absolute Gasteiger partial charge is 0.399 e. The SMILES string of the molecule is Cc1ccc(N)cc1NC(=O)CSCC(=O)N1CCCCC1. The Hall–Kier alpha value is -1.69. The predicted molar refractivity (Wildman–Crippen MR) is 92.0 cm³/mol. The van der Waals surface area contributed by atoms with Crippen molar-refractivity contribution in [2.75, 3.05) is 35.6 Å². The van der Waals surface area contributed by atoms with Crippen LogP contribution in [0.2, 0.25) is 0 Å². The summed E-state index contributed by atoms with van der Waals surface area (Å²) in [5.41, 5.74) is 8.04. The maximum absolute atomic E-state index is 12.0. The highest BCUT2D eigenvalue weighted by Gasteiger charge is 2.16. The number of hydrogen-bond donors (Lipinski definition) is 2. The molecule has 0 aliphatic carbocycles. The van der Waals surface area contributed by atoms with Gasteiger partial charge in [-0.15, -0.1) is 11.8 Å². The first-order valence-corrected chi connectivity index (χ1v) is 8.73. The Balaban J connectivity index is 1.73. The third-order valence-electron chi connectivity index (χ3n) is 3.70. The number of likely N-dealkylation sites (tertiary alicyclic amines) is 1. The topological polar surface area (TPSA) is 75.4 Å². The summed E-state index contributed by atoms with van der Waals surface area (Å²) in [4.78, 5) is 25.8. The van der Waals surface area contributed by atoms with E-state index < -0.39 is 0 Å². The molecule has 1 aliphatic heterocycles. The summed E-state index contributed by atoms with van der Waals surface area (Å²) in [5, 5.41) is 2.84. The van der Waals surface area contributed by atoms with Crippen LogP contribution in [-0.4, -0.2) is 41.3 Å². The first-order chi connectivity index (χ1) is 10.6. The second kappa shape index (κ2) is 8.08. The molecule has 120 valence electrons. The highest BCUT2D eigenvalue weighted by molar-refractivity contribution is 8.00. The van der Waals surface area contributed by atoms with Gasteiger partial charge in [0.1, 0.15) is 0 Å².